The number of nitrogens with one attached hydrogen (secondary N) is 2. The van der Waals surface area contributed by atoms with Gasteiger partial charge in [0.05, 0.1) is 47.2 Å². The average Bonchev–Trinajstić information content (AvgIpc) is 3.98. The van der Waals surface area contributed by atoms with Gasteiger partial charge in [-0.05, 0) is 93.1 Å². The topological polar surface area (TPSA) is 196 Å². The minimum Gasteiger partial charge on any atom is -0.495 e. The van der Waals surface area contributed by atoms with Gasteiger partial charge in [0.25, 0.3) is 5.91 Å². The molecule has 0 unspecified atom stereocenters. The fraction of sp³-hybridized carbons (Fsp3) is 0.460. The first-order chi connectivity index (χ1) is 32.8. The van der Waals surface area contributed by atoms with Gasteiger partial charge >= 0.3 is 0 Å². The predicted molar refractivity (Wildman–Crippen MR) is 263 cm³/mol. The van der Waals surface area contributed by atoms with E-state index in [1.54, 1.807) is 59.9 Å². The van der Waals surface area contributed by atoms with Crippen LogP contribution in [0.25, 0.3) is 10.4 Å². The van der Waals surface area contributed by atoms with Crippen molar-refractivity contribution < 1.29 is 47.6 Å². The van der Waals surface area contributed by atoms with Crippen LogP contribution in [0.4, 0.5) is 15.8 Å². The molecule has 16 nitrogen and oxygen atoms in total. The van der Waals surface area contributed by atoms with Crippen LogP contribution in [0.5, 0.6) is 11.5 Å². The number of nitriles is 1. The molecule has 3 aromatic carbocycles. The molecule has 0 aliphatic carbocycles. The van der Waals surface area contributed by atoms with Crippen LogP contribution in [0.1, 0.15) is 77.1 Å². The number of anilines is 2. The van der Waals surface area contributed by atoms with Crippen LogP contribution in [-0.2, 0) is 35.2 Å². The number of nitrogens with zero attached hydrogens (tertiary/aromatic N) is 5. The summed E-state index contributed by atoms with van der Waals surface area (Å²) < 4.78 is 37.7. The lowest BCUT2D eigenvalue weighted by atomic mass is 9.85. The maximum Gasteiger partial charge on any atom is 0.259 e. The molecule has 69 heavy (non-hydrogen) atoms. The van der Waals surface area contributed by atoms with Crippen molar-refractivity contribution >= 4 is 63.7 Å². The molecule has 1 aromatic heterocycles. The Bertz CT molecular complexity index is 2540. The Hall–Kier alpha value is -6.04. The first-order valence-electron chi connectivity index (χ1n) is 22.8. The molecule has 0 spiro atoms. The molecule has 3 heterocycles. The number of aliphatic hydroxyl groups is 1. The highest BCUT2D eigenvalue weighted by molar-refractivity contribution is 7.81. The van der Waals surface area contributed by atoms with Crippen molar-refractivity contribution in [1.82, 2.24) is 20.5 Å². The first kappa shape index (κ1) is 52.3. The molecule has 19 heteroatoms. The molecule has 0 bridgehead atoms. The fourth-order valence-electron chi connectivity index (χ4n) is 8.11. The summed E-state index contributed by atoms with van der Waals surface area (Å²) in [5.74, 6) is -1.91. The number of aliphatic hydroxyl groups excluding tert-OH is 1. The summed E-state index contributed by atoms with van der Waals surface area (Å²) in [6.07, 6.45) is 0.961. The van der Waals surface area contributed by atoms with Crippen LogP contribution in [-0.4, -0.2) is 114 Å². The van der Waals surface area contributed by atoms with Crippen molar-refractivity contribution in [2.24, 2.45) is 5.41 Å². The minimum absolute atomic E-state index is 0.0304. The SMILES string of the molecule is COc1cc(N2C(=O)C(C)(C)N(c3ccc(OCCCCOCCCOCC(=O)N[C@H](C(=O)N4C[C@H](O)C[C@H]4C(=O)NCc4ccc(-c5scnc5C)cc4)C(C)(C)C)c(F)c3)C2=S)ccc1C#N. The van der Waals surface area contributed by atoms with Gasteiger partial charge in [-0.3, -0.25) is 24.1 Å². The molecular formula is C50H60FN7O9S2. The summed E-state index contributed by atoms with van der Waals surface area (Å²) in [4.78, 5) is 63.7. The molecule has 2 aliphatic rings. The van der Waals surface area contributed by atoms with Gasteiger partial charge in [0.2, 0.25) is 17.7 Å². The van der Waals surface area contributed by atoms with Gasteiger partial charge in [-0.2, -0.15) is 5.26 Å². The number of methoxy groups -OCH3 is 1. The number of ether oxygens (including phenoxy) is 4. The smallest absolute Gasteiger partial charge is 0.259 e. The van der Waals surface area contributed by atoms with Crippen molar-refractivity contribution in [3.8, 4) is 28.0 Å². The molecule has 3 atom stereocenters. The van der Waals surface area contributed by atoms with Gasteiger partial charge in [0.1, 0.15) is 36.0 Å². The number of carbonyl (C=O) groups excluding carboxylic acids is 4. The summed E-state index contributed by atoms with van der Waals surface area (Å²) in [6.45, 7) is 12.0. The van der Waals surface area contributed by atoms with E-state index in [0.29, 0.717) is 55.2 Å². The average molecular weight is 986 g/mol. The van der Waals surface area contributed by atoms with Crippen LogP contribution in [0.15, 0.2) is 66.2 Å². The number of thiocarbonyl (C=S) groups is 1. The summed E-state index contributed by atoms with van der Waals surface area (Å²) in [5, 5.41) is 25.8. The number of hydrogen-bond acceptors (Lipinski definition) is 13. The van der Waals surface area contributed by atoms with E-state index in [0.717, 1.165) is 21.7 Å². The molecule has 2 aliphatic heterocycles. The zero-order valence-electron chi connectivity index (χ0n) is 40.0. The number of amides is 4. The summed E-state index contributed by atoms with van der Waals surface area (Å²) in [6, 6.07) is 17.1. The van der Waals surface area contributed by atoms with E-state index in [-0.39, 0.29) is 62.0 Å². The molecule has 2 saturated heterocycles. The number of unbranched alkanes of at least 4 members (excludes halogenated alkanes) is 1. The summed E-state index contributed by atoms with van der Waals surface area (Å²) >= 11 is 7.29. The number of thiazole rings is 1. The van der Waals surface area contributed by atoms with E-state index in [1.165, 1.54) is 29.0 Å². The first-order valence-corrected chi connectivity index (χ1v) is 24.0. The Morgan fingerprint density at radius 1 is 1.00 bits per heavy atom. The van der Waals surface area contributed by atoms with Gasteiger partial charge in [0, 0.05) is 57.2 Å². The van der Waals surface area contributed by atoms with E-state index in [4.69, 9.17) is 31.2 Å². The van der Waals surface area contributed by atoms with E-state index in [2.05, 4.69) is 15.6 Å². The number of rotatable bonds is 21. The molecule has 4 amide bonds. The van der Waals surface area contributed by atoms with E-state index in [1.807, 2.05) is 58.0 Å². The number of carbonyl (C=O) groups is 4. The highest BCUT2D eigenvalue weighted by atomic mass is 32.1. The Morgan fingerprint density at radius 3 is 2.36 bits per heavy atom. The monoisotopic (exact) mass is 985 g/mol. The number of halogens is 1. The second-order valence-electron chi connectivity index (χ2n) is 18.4. The molecule has 0 saturated carbocycles. The minimum atomic E-state index is -1.14. The van der Waals surface area contributed by atoms with Crippen molar-refractivity contribution in [2.45, 2.75) is 97.5 Å². The Kier molecular flexibility index (Phi) is 17.5. The largest absolute Gasteiger partial charge is 0.495 e. The number of likely N-dealkylation sites (tertiary alicyclic amines) is 1. The highest BCUT2D eigenvalue weighted by Gasteiger charge is 2.51. The van der Waals surface area contributed by atoms with Crippen LogP contribution >= 0.6 is 23.6 Å². The summed E-state index contributed by atoms with van der Waals surface area (Å²) in [7, 11) is 1.43. The number of β-amino-alcohol motifs (C(OH)–C–C–N with tert-alkyl or cyclic N) is 1. The Morgan fingerprint density at radius 2 is 1.70 bits per heavy atom. The zero-order chi connectivity index (χ0) is 50.0. The third kappa shape index (κ3) is 12.6. The molecule has 4 aromatic rings. The van der Waals surface area contributed by atoms with Gasteiger partial charge in [-0.1, -0.05) is 45.0 Å². The molecular weight excluding hydrogens is 926 g/mol. The number of aryl methyl sites for hydroxylation is 1. The molecule has 0 radical (unpaired) electrons. The summed E-state index contributed by atoms with van der Waals surface area (Å²) in [5.41, 5.74) is 3.93. The second kappa shape index (κ2) is 23.0. The zero-order valence-corrected chi connectivity index (χ0v) is 41.6. The van der Waals surface area contributed by atoms with Gasteiger partial charge in [0.15, 0.2) is 16.7 Å². The fourth-order valence-corrected chi connectivity index (χ4v) is 9.45. The van der Waals surface area contributed by atoms with Gasteiger partial charge < -0.3 is 44.5 Å². The van der Waals surface area contributed by atoms with Crippen molar-refractivity contribution in [3.63, 3.8) is 0 Å². The lowest BCUT2D eigenvalue weighted by Gasteiger charge is -2.35. The Balaban J connectivity index is 0.871. The van der Waals surface area contributed by atoms with Gasteiger partial charge in [-0.25, -0.2) is 9.37 Å². The maximum absolute atomic E-state index is 15.3. The maximum atomic E-state index is 15.3. The standard InChI is InChI=1S/C50H60FN7O9S2/c1-31-43(69-30-54-31)33-13-11-32(12-14-33)27-53-45(61)39-25-37(59)28-56(39)46(62)44(49(2,3)4)55-42(60)29-66-21-10-20-65-19-8-9-22-67-40-18-17-36(23-38(40)51)58-48(68)57(47(63)50(58,5)6)35-16-15-34(26-52)41(24-35)64-7/h11-18,23-24,30,37,39,44,59H,8-10,19-22,25,27-29H2,1-7H3,(H,53,61)(H,55,60)/t37-,39+,44-/m1/s1. The molecule has 2 fully saturated rings. The normalized spacial score (nSPS) is 17.2. The number of benzene rings is 3. The van der Waals surface area contributed by atoms with E-state index in [9.17, 15) is 29.5 Å². The predicted octanol–water partition coefficient (Wildman–Crippen LogP) is 6.45. The number of hydrogen-bond donors (Lipinski definition) is 3. The van der Waals surface area contributed by atoms with Crippen molar-refractivity contribution in [3.05, 3.63) is 88.8 Å². The Labute approximate surface area is 411 Å². The van der Waals surface area contributed by atoms with Crippen LogP contribution in [0.2, 0.25) is 0 Å². The molecule has 3 N–H and O–H groups in total. The van der Waals surface area contributed by atoms with Crippen LogP contribution in [0.3, 0.4) is 0 Å². The lowest BCUT2D eigenvalue weighted by molar-refractivity contribution is -0.144. The second-order valence-corrected chi connectivity index (χ2v) is 19.7. The van der Waals surface area contributed by atoms with E-state index >= 15 is 4.39 Å². The third-order valence-electron chi connectivity index (χ3n) is 11.9. The van der Waals surface area contributed by atoms with Crippen molar-refractivity contribution in [2.75, 3.05) is 56.5 Å². The van der Waals surface area contributed by atoms with Gasteiger partial charge in [-0.15, -0.1) is 11.3 Å². The molecule has 368 valence electrons. The number of aromatic nitrogens is 1. The van der Waals surface area contributed by atoms with E-state index < -0.39 is 46.8 Å². The van der Waals surface area contributed by atoms with Crippen LogP contribution < -0.4 is 29.9 Å². The molecule has 6 rings (SSSR count). The van der Waals surface area contributed by atoms with Crippen LogP contribution in [0, 0.1) is 29.5 Å². The highest BCUT2D eigenvalue weighted by Crippen LogP contribution is 2.39. The third-order valence-corrected chi connectivity index (χ3v) is 13.2. The lowest BCUT2D eigenvalue weighted by Crippen LogP contribution is -2.58. The quantitative estimate of drug-likeness (QED) is 0.0610. The van der Waals surface area contributed by atoms with Crippen molar-refractivity contribution in [1.29, 1.82) is 5.26 Å².